The third kappa shape index (κ3) is 2.31. The summed E-state index contributed by atoms with van der Waals surface area (Å²) in [4.78, 5) is 24.0. The fourth-order valence-electron chi connectivity index (χ4n) is 2.94. The molecule has 0 aromatic carbocycles. The number of thiazole rings is 1. The average molecular weight is 382 g/mol. The molecule has 5 heterocycles. The number of nitrogens with one attached hydrogen (secondary N) is 1. The lowest BCUT2D eigenvalue weighted by Gasteiger charge is -2.07. The zero-order chi connectivity index (χ0) is 17.8. The zero-order valence-corrected chi connectivity index (χ0v) is 15.6. The van der Waals surface area contributed by atoms with Crippen molar-refractivity contribution in [3.05, 3.63) is 41.0 Å². The van der Waals surface area contributed by atoms with Crippen LogP contribution < -0.4 is 5.32 Å². The van der Waals surface area contributed by atoms with E-state index >= 15 is 0 Å². The topological polar surface area (TPSA) is 77.1 Å². The highest BCUT2D eigenvalue weighted by molar-refractivity contribution is 7.21. The lowest BCUT2D eigenvalue weighted by Crippen LogP contribution is -2.10. The number of rotatable bonds is 3. The van der Waals surface area contributed by atoms with E-state index in [-0.39, 0.29) is 11.9 Å². The molecule has 0 radical (unpaired) electrons. The molecule has 5 rings (SSSR count). The van der Waals surface area contributed by atoms with Crippen molar-refractivity contribution in [3.63, 3.8) is 0 Å². The van der Waals surface area contributed by atoms with Crippen LogP contribution in [0.2, 0.25) is 0 Å². The number of carbonyl (C=O) groups is 1. The summed E-state index contributed by atoms with van der Waals surface area (Å²) in [6.45, 7) is 4.11. The Hall–Kier alpha value is -2.78. The van der Waals surface area contributed by atoms with Gasteiger partial charge in [-0.3, -0.25) is 9.20 Å². The maximum atomic E-state index is 12.6. The smallest absolute Gasteiger partial charge is 0.265 e. The number of aromatic nitrogens is 5. The first-order chi connectivity index (χ1) is 12.6. The van der Waals surface area contributed by atoms with Gasteiger partial charge in [0.1, 0.15) is 4.83 Å². The van der Waals surface area contributed by atoms with Gasteiger partial charge in [0.15, 0.2) is 10.6 Å². The van der Waals surface area contributed by atoms with Gasteiger partial charge in [-0.25, -0.2) is 14.6 Å². The normalized spacial score (nSPS) is 12.0. The van der Waals surface area contributed by atoms with Crippen LogP contribution >= 0.6 is 22.7 Å². The molecular formula is C17H14N6OS2. The van der Waals surface area contributed by atoms with Gasteiger partial charge in [0, 0.05) is 23.0 Å². The molecule has 0 saturated heterocycles. The van der Waals surface area contributed by atoms with Crippen LogP contribution in [0.3, 0.4) is 0 Å². The van der Waals surface area contributed by atoms with Crippen molar-refractivity contribution in [2.24, 2.45) is 0 Å². The molecule has 130 valence electrons. The van der Waals surface area contributed by atoms with E-state index in [2.05, 4.69) is 34.2 Å². The Bertz CT molecular complexity index is 1270. The predicted octanol–water partition coefficient (Wildman–Crippen LogP) is 4.19. The van der Waals surface area contributed by atoms with E-state index in [1.807, 2.05) is 32.8 Å². The van der Waals surface area contributed by atoms with Crippen molar-refractivity contribution in [2.75, 3.05) is 5.32 Å². The van der Waals surface area contributed by atoms with E-state index in [1.54, 1.807) is 23.7 Å². The lowest BCUT2D eigenvalue weighted by atomic mass is 10.3. The quantitative estimate of drug-likeness (QED) is 0.508. The van der Waals surface area contributed by atoms with Crippen LogP contribution in [-0.2, 0) is 0 Å². The molecule has 0 unspecified atom stereocenters. The maximum absolute atomic E-state index is 12.6. The number of hydrogen-bond donors (Lipinski definition) is 1. The molecule has 9 heteroatoms. The first-order valence-corrected chi connectivity index (χ1v) is 9.79. The molecule has 0 atom stereocenters. The largest absolute Gasteiger partial charge is 0.320 e. The minimum Gasteiger partial charge on any atom is -0.320 e. The summed E-state index contributed by atoms with van der Waals surface area (Å²) in [5.41, 5.74) is 2.43. The first-order valence-electron chi connectivity index (χ1n) is 8.10. The first kappa shape index (κ1) is 15.5. The maximum Gasteiger partial charge on any atom is 0.265 e. The van der Waals surface area contributed by atoms with Gasteiger partial charge in [-0.15, -0.1) is 22.7 Å². The van der Waals surface area contributed by atoms with Crippen LogP contribution in [0.1, 0.15) is 29.6 Å². The van der Waals surface area contributed by atoms with Gasteiger partial charge in [0.05, 0.1) is 28.5 Å². The summed E-state index contributed by atoms with van der Waals surface area (Å²) >= 11 is 2.97. The number of pyridine rings is 1. The Labute approximate surface area is 155 Å². The Morgan fingerprint density at radius 2 is 2.15 bits per heavy atom. The summed E-state index contributed by atoms with van der Waals surface area (Å²) in [7, 11) is 0. The Kier molecular flexibility index (Phi) is 3.34. The monoisotopic (exact) mass is 382 g/mol. The Morgan fingerprint density at radius 3 is 3.00 bits per heavy atom. The second-order valence-corrected chi connectivity index (χ2v) is 8.15. The summed E-state index contributed by atoms with van der Waals surface area (Å²) < 4.78 is 3.86. The summed E-state index contributed by atoms with van der Waals surface area (Å²) in [6.07, 6.45) is 5.40. The van der Waals surface area contributed by atoms with E-state index in [9.17, 15) is 4.79 Å². The number of hydrogen-bond acceptors (Lipinski definition) is 6. The van der Waals surface area contributed by atoms with Crippen molar-refractivity contribution >= 4 is 60.6 Å². The summed E-state index contributed by atoms with van der Waals surface area (Å²) in [6, 6.07) is 4.01. The second kappa shape index (κ2) is 5.61. The average Bonchev–Trinajstić information content (AvgIpc) is 3.34. The highest BCUT2D eigenvalue weighted by atomic mass is 32.1. The van der Waals surface area contributed by atoms with Gasteiger partial charge >= 0.3 is 0 Å². The minimum absolute atomic E-state index is 0.158. The van der Waals surface area contributed by atoms with Gasteiger partial charge < -0.3 is 5.32 Å². The third-order valence-corrected chi connectivity index (χ3v) is 5.92. The number of fused-ring (bicyclic) bond motifs is 4. The van der Waals surface area contributed by atoms with Crippen LogP contribution in [0.4, 0.5) is 5.69 Å². The number of amides is 1. The predicted molar refractivity (Wildman–Crippen MR) is 104 cm³/mol. The van der Waals surface area contributed by atoms with Crippen LogP contribution in [-0.4, -0.2) is 30.1 Å². The van der Waals surface area contributed by atoms with Gasteiger partial charge in [-0.05, 0) is 26.0 Å². The number of anilines is 1. The van der Waals surface area contributed by atoms with Gasteiger partial charge in [-0.1, -0.05) is 0 Å². The third-order valence-electron chi connectivity index (χ3n) is 4.14. The number of thiophene rings is 1. The molecular weight excluding hydrogens is 368 g/mol. The second-order valence-electron chi connectivity index (χ2n) is 6.24. The van der Waals surface area contributed by atoms with Crippen LogP contribution in [0.5, 0.6) is 0 Å². The Balaban J connectivity index is 1.45. The molecule has 26 heavy (non-hydrogen) atoms. The SMILES string of the molecule is CC(C)n1ncc2cc(NC(=O)c3cc4c(nc5sccn54)s3)cnc21. The van der Waals surface area contributed by atoms with Gasteiger partial charge in [0.2, 0.25) is 0 Å². The molecule has 0 aliphatic carbocycles. The van der Waals surface area contributed by atoms with E-state index in [0.29, 0.717) is 10.6 Å². The molecule has 1 N–H and O–H groups in total. The van der Waals surface area contributed by atoms with E-state index in [0.717, 1.165) is 26.3 Å². The standard InChI is InChI=1S/C17H14N6OS2/c1-9(2)23-14-10(7-19-23)5-11(8-18-14)20-15(24)13-6-12-16(26-13)21-17-22(12)3-4-25-17/h3-9H,1-2H3,(H,20,24). The molecule has 0 bridgehead atoms. The molecule has 5 aromatic heterocycles. The zero-order valence-electron chi connectivity index (χ0n) is 14.0. The number of carbonyl (C=O) groups excluding carboxylic acids is 1. The molecule has 0 spiro atoms. The van der Waals surface area contributed by atoms with Crippen molar-refractivity contribution in [1.29, 1.82) is 0 Å². The fourth-order valence-corrected chi connectivity index (χ4v) is 4.63. The van der Waals surface area contributed by atoms with Gasteiger partial charge in [-0.2, -0.15) is 5.10 Å². The molecule has 0 fully saturated rings. The molecule has 0 aliphatic heterocycles. The van der Waals surface area contributed by atoms with Crippen molar-refractivity contribution in [2.45, 2.75) is 19.9 Å². The lowest BCUT2D eigenvalue weighted by molar-refractivity contribution is 0.103. The van der Waals surface area contributed by atoms with Crippen molar-refractivity contribution in [3.8, 4) is 0 Å². The molecule has 1 amide bonds. The molecule has 7 nitrogen and oxygen atoms in total. The minimum atomic E-state index is -0.158. The fraction of sp³-hybridized carbons (Fsp3) is 0.176. The van der Waals surface area contributed by atoms with Gasteiger partial charge in [0.25, 0.3) is 5.91 Å². The van der Waals surface area contributed by atoms with Crippen LogP contribution in [0.15, 0.2) is 36.1 Å². The molecule has 0 aliphatic rings. The molecule has 0 saturated carbocycles. The summed E-state index contributed by atoms with van der Waals surface area (Å²) in [5, 5.41) is 10.2. The van der Waals surface area contributed by atoms with E-state index in [1.165, 1.54) is 11.3 Å². The number of nitrogens with zero attached hydrogens (tertiary/aromatic N) is 5. The molecule has 5 aromatic rings. The highest BCUT2D eigenvalue weighted by Gasteiger charge is 2.16. The van der Waals surface area contributed by atoms with E-state index in [4.69, 9.17) is 0 Å². The van der Waals surface area contributed by atoms with Crippen LogP contribution in [0, 0.1) is 0 Å². The van der Waals surface area contributed by atoms with Crippen molar-refractivity contribution < 1.29 is 4.79 Å². The number of imidazole rings is 1. The van der Waals surface area contributed by atoms with E-state index < -0.39 is 0 Å². The summed E-state index contributed by atoms with van der Waals surface area (Å²) in [5.74, 6) is -0.158. The Morgan fingerprint density at radius 1 is 1.27 bits per heavy atom. The highest BCUT2D eigenvalue weighted by Crippen LogP contribution is 2.29. The van der Waals surface area contributed by atoms with Crippen LogP contribution in [0.25, 0.3) is 26.3 Å². The van der Waals surface area contributed by atoms with Crippen molar-refractivity contribution in [1.82, 2.24) is 24.1 Å².